The van der Waals surface area contributed by atoms with Crippen LogP contribution in [0.2, 0.25) is 0 Å². The van der Waals surface area contributed by atoms with Gasteiger partial charge in [0.2, 0.25) is 0 Å². The molecule has 1 N–H and O–H groups in total. The van der Waals surface area contributed by atoms with Gasteiger partial charge in [0.1, 0.15) is 6.61 Å². The molecule has 1 heterocycles. The topological polar surface area (TPSA) is 55.4 Å². The lowest BCUT2D eigenvalue weighted by atomic mass is 10.2. The highest BCUT2D eigenvalue weighted by Crippen LogP contribution is 2.18. The Kier molecular flexibility index (Phi) is 6.56. The van der Waals surface area contributed by atoms with E-state index >= 15 is 0 Å². The van der Waals surface area contributed by atoms with Gasteiger partial charge < -0.3 is 10.1 Å². The largest absolute Gasteiger partial charge is 0.445 e. The van der Waals surface area contributed by atoms with Gasteiger partial charge in [-0.1, -0.05) is 36.4 Å². The van der Waals surface area contributed by atoms with Crippen molar-refractivity contribution in [2.24, 2.45) is 0 Å². The highest BCUT2D eigenvalue weighted by molar-refractivity contribution is 7.14. The van der Waals surface area contributed by atoms with Gasteiger partial charge in [0.25, 0.3) is 0 Å². The smallest absolute Gasteiger partial charge is 0.407 e. The van der Waals surface area contributed by atoms with Crippen molar-refractivity contribution in [3.05, 3.63) is 63.9 Å². The molecular formula is C18H19NO3S. The summed E-state index contributed by atoms with van der Waals surface area (Å²) in [6.45, 7) is 2.34. The highest BCUT2D eigenvalue weighted by Gasteiger charge is 2.02. The van der Waals surface area contributed by atoms with Crippen molar-refractivity contribution < 1.29 is 14.3 Å². The quantitative estimate of drug-likeness (QED) is 0.609. The minimum Gasteiger partial charge on any atom is -0.445 e. The number of nitrogens with one attached hydrogen (secondary N) is 1. The van der Waals surface area contributed by atoms with Crippen LogP contribution in [-0.2, 0) is 11.3 Å². The Balaban J connectivity index is 1.63. The first-order valence-electron chi connectivity index (χ1n) is 7.37. The Labute approximate surface area is 139 Å². The van der Waals surface area contributed by atoms with E-state index in [0.717, 1.165) is 15.3 Å². The second-order valence-electron chi connectivity index (χ2n) is 4.94. The van der Waals surface area contributed by atoms with E-state index in [-0.39, 0.29) is 12.4 Å². The van der Waals surface area contributed by atoms with E-state index in [1.54, 1.807) is 6.92 Å². The first kappa shape index (κ1) is 17.0. The van der Waals surface area contributed by atoms with E-state index in [0.29, 0.717) is 13.0 Å². The molecule has 0 unspecified atom stereocenters. The molecule has 0 atom stereocenters. The molecule has 2 rings (SSSR count). The van der Waals surface area contributed by atoms with Crippen LogP contribution in [0.4, 0.5) is 4.79 Å². The van der Waals surface area contributed by atoms with Crippen LogP contribution in [0.3, 0.4) is 0 Å². The van der Waals surface area contributed by atoms with E-state index in [1.165, 1.54) is 11.3 Å². The van der Waals surface area contributed by atoms with Gasteiger partial charge in [-0.05, 0) is 37.1 Å². The lowest BCUT2D eigenvalue weighted by Gasteiger charge is -2.05. The molecular weight excluding hydrogens is 310 g/mol. The molecule has 120 valence electrons. The van der Waals surface area contributed by atoms with Crippen molar-refractivity contribution in [3.63, 3.8) is 0 Å². The van der Waals surface area contributed by atoms with Gasteiger partial charge in [-0.2, -0.15) is 0 Å². The molecule has 0 aliphatic carbocycles. The van der Waals surface area contributed by atoms with Crippen LogP contribution in [0, 0.1) is 0 Å². The molecule has 0 saturated carbocycles. The van der Waals surface area contributed by atoms with Crippen LogP contribution in [0.25, 0.3) is 6.08 Å². The van der Waals surface area contributed by atoms with E-state index < -0.39 is 6.09 Å². The molecule has 1 amide bonds. The maximum Gasteiger partial charge on any atom is 0.407 e. The summed E-state index contributed by atoms with van der Waals surface area (Å²) in [5, 5.41) is 2.70. The van der Waals surface area contributed by atoms with Crippen LogP contribution in [0.1, 0.15) is 33.5 Å². The molecule has 5 heteroatoms. The molecule has 0 spiro atoms. The van der Waals surface area contributed by atoms with Crippen molar-refractivity contribution >= 4 is 29.3 Å². The molecule has 0 bridgehead atoms. The SMILES string of the molecule is CC(=O)c1ccc(C=CCCNC(=O)OCc2ccccc2)s1. The molecule has 0 fully saturated rings. The third-order valence-corrected chi connectivity index (χ3v) is 4.20. The van der Waals surface area contributed by atoms with E-state index in [9.17, 15) is 9.59 Å². The fraction of sp³-hybridized carbons (Fsp3) is 0.222. The van der Waals surface area contributed by atoms with Crippen molar-refractivity contribution in [3.8, 4) is 0 Å². The Morgan fingerprint density at radius 1 is 1.17 bits per heavy atom. The third kappa shape index (κ3) is 6.08. The molecule has 1 aromatic heterocycles. The summed E-state index contributed by atoms with van der Waals surface area (Å²) in [6, 6.07) is 13.3. The first-order valence-corrected chi connectivity index (χ1v) is 8.18. The van der Waals surface area contributed by atoms with Gasteiger partial charge in [-0.15, -0.1) is 11.3 Å². The zero-order chi connectivity index (χ0) is 16.5. The molecule has 0 aliphatic heterocycles. The number of ketones is 1. The Morgan fingerprint density at radius 2 is 1.96 bits per heavy atom. The summed E-state index contributed by atoms with van der Waals surface area (Å²) in [4.78, 5) is 24.5. The van der Waals surface area contributed by atoms with E-state index in [4.69, 9.17) is 4.74 Å². The maximum atomic E-state index is 11.5. The lowest BCUT2D eigenvalue weighted by Crippen LogP contribution is -2.24. The van der Waals surface area contributed by atoms with Crippen molar-refractivity contribution in [2.75, 3.05) is 6.54 Å². The maximum absolute atomic E-state index is 11.5. The Morgan fingerprint density at radius 3 is 2.65 bits per heavy atom. The van der Waals surface area contributed by atoms with Gasteiger partial charge >= 0.3 is 6.09 Å². The third-order valence-electron chi connectivity index (χ3n) is 3.05. The number of benzene rings is 1. The van der Waals surface area contributed by atoms with Crippen molar-refractivity contribution in [1.82, 2.24) is 5.32 Å². The van der Waals surface area contributed by atoms with Gasteiger partial charge in [0, 0.05) is 11.4 Å². The zero-order valence-electron chi connectivity index (χ0n) is 13.0. The normalized spacial score (nSPS) is 10.7. The number of ether oxygens (including phenoxy) is 1. The average Bonchev–Trinajstić information content (AvgIpc) is 3.03. The minimum atomic E-state index is -0.419. The van der Waals surface area contributed by atoms with Crippen LogP contribution in [-0.4, -0.2) is 18.4 Å². The average molecular weight is 329 g/mol. The van der Waals surface area contributed by atoms with Gasteiger partial charge in [0.05, 0.1) is 4.88 Å². The summed E-state index contributed by atoms with van der Waals surface area (Å²) >= 11 is 1.46. The second-order valence-corrected chi connectivity index (χ2v) is 6.05. The summed E-state index contributed by atoms with van der Waals surface area (Å²) in [5.41, 5.74) is 0.960. The molecule has 0 aliphatic rings. The highest BCUT2D eigenvalue weighted by atomic mass is 32.1. The van der Waals surface area contributed by atoms with E-state index in [1.807, 2.05) is 54.6 Å². The number of alkyl carbamates (subject to hydrolysis) is 1. The number of thiophene rings is 1. The van der Waals surface area contributed by atoms with Crippen LogP contribution >= 0.6 is 11.3 Å². The van der Waals surface area contributed by atoms with Gasteiger partial charge in [0.15, 0.2) is 5.78 Å². The van der Waals surface area contributed by atoms with Gasteiger partial charge in [-0.3, -0.25) is 4.79 Å². The molecule has 1 aromatic carbocycles. The number of carbonyl (C=O) groups excluding carboxylic acids is 2. The van der Waals surface area contributed by atoms with Crippen LogP contribution < -0.4 is 5.32 Å². The van der Waals surface area contributed by atoms with Gasteiger partial charge in [-0.25, -0.2) is 4.79 Å². The van der Waals surface area contributed by atoms with Crippen molar-refractivity contribution in [2.45, 2.75) is 20.0 Å². The summed E-state index contributed by atoms with van der Waals surface area (Å²) in [5.74, 6) is 0.0810. The fourth-order valence-corrected chi connectivity index (χ4v) is 2.70. The number of amides is 1. The summed E-state index contributed by atoms with van der Waals surface area (Å²) < 4.78 is 5.11. The summed E-state index contributed by atoms with van der Waals surface area (Å²) in [6.07, 6.45) is 4.20. The lowest BCUT2D eigenvalue weighted by molar-refractivity contribution is 0.102. The zero-order valence-corrected chi connectivity index (χ0v) is 13.8. The molecule has 0 radical (unpaired) electrons. The Bertz CT molecular complexity index is 677. The monoisotopic (exact) mass is 329 g/mol. The van der Waals surface area contributed by atoms with Crippen LogP contribution in [0.15, 0.2) is 48.5 Å². The number of hydrogen-bond acceptors (Lipinski definition) is 4. The molecule has 0 saturated heterocycles. The number of hydrogen-bond donors (Lipinski definition) is 1. The number of carbonyl (C=O) groups is 2. The molecule has 4 nitrogen and oxygen atoms in total. The fourth-order valence-electron chi connectivity index (χ4n) is 1.86. The number of Topliss-reactive ketones (excluding diaryl/α,β-unsaturated/α-hetero) is 1. The summed E-state index contributed by atoms with van der Waals surface area (Å²) in [7, 11) is 0. The number of rotatable bonds is 7. The van der Waals surface area contributed by atoms with Crippen LogP contribution in [0.5, 0.6) is 0 Å². The first-order chi connectivity index (χ1) is 11.1. The molecule has 2 aromatic rings. The second kappa shape index (κ2) is 8.90. The van der Waals surface area contributed by atoms with E-state index in [2.05, 4.69) is 5.32 Å². The Hall–Kier alpha value is -2.40. The van der Waals surface area contributed by atoms with Crippen molar-refractivity contribution in [1.29, 1.82) is 0 Å². The predicted molar refractivity (Wildman–Crippen MR) is 92.6 cm³/mol. The molecule has 23 heavy (non-hydrogen) atoms. The minimum absolute atomic E-state index is 0.0810. The predicted octanol–water partition coefficient (Wildman–Crippen LogP) is 4.28. The standard InChI is InChI=1S/C18H19NO3S/c1-14(20)17-11-10-16(23-17)9-5-6-12-19-18(21)22-13-15-7-3-2-4-8-15/h2-5,7-11H,6,12-13H2,1H3,(H,19,21).